The molecule has 0 spiro atoms. The fourth-order valence-electron chi connectivity index (χ4n) is 1.95. The Morgan fingerprint density at radius 2 is 1.87 bits per heavy atom. The van der Waals surface area contributed by atoms with Gasteiger partial charge in [0.2, 0.25) is 0 Å². The minimum atomic E-state index is -0.538. The summed E-state index contributed by atoms with van der Waals surface area (Å²) in [6.07, 6.45) is 2.44. The van der Waals surface area contributed by atoms with Gasteiger partial charge in [-0.15, -0.1) is 0 Å². The first-order valence-electron chi connectivity index (χ1n) is 7.09. The van der Waals surface area contributed by atoms with Gasteiger partial charge in [-0.05, 0) is 62.9 Å². The molecule has 1 aliphatic rings. The molecule has 23 heavy (non-hydrogen) atoms. The van der Waals surface area contributed by atoms with Crippen molar-refractivity contribution in [1.29, 1.82) is 0 Å². The summed E-state index contributed by atoms with van der Waals surface area (Å²) in [5.74, 6) is 0.692. The first-order valence-corrected chi connectivity index (χ1v) is 8.68. The van der Waals surface area contributed by atoms with E-state index in [9.17, 15) is 9.59 Å². The van der Waals surface area contributed by atoms with Gasteiger partial charge in [-0.1, -0.05) is 6.92 Å². The molecule has 0 radical (unpaired) electrons. The maximum absolute atomic E-state index is 11.7. The number of benzene rings is 1. The molecular formula is C15H16Br2N2O4. The highest BCUT2D eigenvalue weighted by molar-refractivity contribution is 9.13. The number of imide groups is 1. The quantitative estimate of drug-likeness (QED) is 0.516. The van der Waals surface area contributed by atoms with E-state index in [0.717, 1.165) is 6.42 Å². The van der Waals surface area contributed by atoms with E-state index >= 15 is 0 Å². The third kappa shape index (κ3) is 4.06. The lowest BCUT2D eigenvalue weighted by Gasteiger charge is -2.16. The predicted molar refractivity (Wildman–Crippen MR) is 93.4 cm³/mol. The average Bonchev–Trinajstić information content (AvgIpc) is 2.82. The Bertz CT molecular complexity index is 674. The second-order valence-electron chi connectivity index (χ2n) is 4.67. The van der Waals surface area contributed by atoms with Crippen molar-refractivity contribution in [3.63, 3.8) is 0 Å². The summed E-state index contributed by atoms with van der Waals surface area (Å²) in [5.41, 5.74) is 0.851. The third-order valence-electron chi connectivity index (χ3n) is 2.93. The SMILES string of the molecule is CCCOc1c(OCC)cc(C=C2NC(=O)NC2=O)c(Br)c1Br. The van der Waals surface area contributed by atoms with E-state index in [2.05, 4.69) is 42.5 Å². The highest BCUT2D eigenvalue weighted by atomic mass is 79.9. The van der Waals surface area contributed by atoms with Gasteiger partial charge < -0.3 is 14.8 Å². The second-order valence-corrected chi connectivity index (χ2v) is 6.25. The summed E-state index contributed by atoms with van der Waals surface area (Å²) in [6, 6.07) is 1.22. The molecule has 6 nitrogen and oxygen atoms in total. The molecule has 0 aromatic heterocycles. The van der Waals surface area contributed by atoms with Crippen molar-refractivity contribution in [2.24, 2.45) is 0 Å². The summed E-state index contributed by atoms with van der Waals surface area (Å²) in [7, 11) is 0. The maximum Gasteiger partial charge on any atom is 0.326 e. The van der Waals surface area contributed by atoms with Crippen LogP contribution in [0, 0.1) is 0 Å². The molecule has 1 heterocycles. The lowest BCUT2D eigenvalue weighted by atomic mass is 10.1. The topological polar surface area (TPSA) is 76.7 Å². The van der Waals surface area contributed by atoms with E-state index in [1.807, 2.05) is 13.8 Å². The minimum Gasteiger partial charge on any atom is -0.490 e. The van der Waals surface area contributed by atoms with Gasteiger partial charge in [-0.25, -0.2) is 4.79 Å². The van der Waals surface area contributed by atoms with Crippen molar-refractivity contribution in [1.82, 2.24) is 10.6 Å². The molecule has 0 bridgehead atoms. The lowest BCUT2D eigenvalue weighted by molar-refractivity contribution is -0.115. The summed E-state index contributed by atoms with van der Waals surface area (Å²) < 4.78 is 12.8. The first kappa shape index (κ1) is 17.8. The van der Waals surface area contributed by atoms with Crippen LogP contribution in [0.5, 0.6) is 11.5 Å². The minimum absolute atomic E-state index is 0.173. The number of carbonyl (C=O) groups is 2. The van der Waals surface area contributed by atoms with Crippen LogP contribution in [0.3, 0.4) is 0 Å². The Hall–Kier alpha value is -1.54. The highest BCUT2D eigenvalue weighted by Gasteiger charge is 2.24. The molecule has 1 aliphatic heterocycles. The van der Waals surface area contributed by atoms with Crippen LogP contribution < -0.4 is 20.1 Å². The summed E-state index contributed by atoms with van der Waals surface area (Å²) in [5, 5.41) is 4.61. The van der Waals surface area contributed by atoms with Crippen molar-refractivity contribution in [2.75, 3.05) is 13.2 Å². The van der Waals surface area contributed by atoms with E-state index in [0.29, 0.717) is 39.2 Å². The monoisotopic (exact) mass is 446 g/mol. The number of ether oxygens (including phenoxy) is 2. The van der Waals surface area contributed by atoms with Gasteiger partial charge in [-0.2, -0.15) is 0 Å². The second kappa shape index (κ2) is 7.83. The number of amides is 3. The van der Waals surface area contributed by atoms with Crippen molar-refractivity contribution < 1.29 is 19.1 Å². The highest BCUT2D eigenvalue weighted by Crippen LogP contribution is 2.43. The number of urea groups is 1. The van der Waals surface area contributed by atoms with Crippen LogP contribution >= 0.6 is 31.9 Å². The maximum atomic E-state index is 11.7. The van der Waals surface area contributed by atoms with Gasteiger partial charge in [0.15, 0.2) is 11.5 Å². The molecule has 1 saturated heterocycles. The molecular weight excluding hydrogens is 432 g/mol. The van der Waals surface area contributed by atoms with E-state index in [1.54, 1.807) is 12.1 Å². The first-order chi connectivity index (χ1) is 11.0. The van der Waals surface area contributed by atoms with Crippen molar-refractivity contribution in [2.45, 2.75) is 20.3 Å². The summed E-state index contributed by atoms with van der Waals surface area (Å²) in [4.78, 5) is 22.9. The van der Waals surface area contributed by atoms with Gasteiger partial charge >= 0.3 is 6.03 Å². The molecule has 3 amide bonds. The smallest absolute Gasteiger partial charge is 0.326 e. The molecule has 2 N–H and O–H groups in total. The normalized spacial score (nSPS) is 15.6. The number of halogens is 2. The molecule has 1 aromatic rings. The fraction of sp³-hybridized carbons (Fsp3) is 0.333. The molecule has 1 fully saturated rings. The van der Waals surface area contributed by atoms with E-state index in [1.165, 1.54) is 0 Å². The van der Waals surface area contributed by atoms with Gasteiger partial charge in [0.05, 0.1) is 17.7 Å². The zero-order valence-corrected chi connectivity index (χ0v) is 15.8. The van der Waals surface area contributed by atoms with Gasteiger partial charge in [0.1, 0.15) is 5.70 Å². The van der Waals surface area contributed by atoms with E-state index in [-0.39, 0.29) is 5.70 Å². The van der Waals surface area contributed by atoms with Crippen LogP contribution in [0.15, 0.2) is 20.7 Å². The molecule has 1 aromatic carbocycles. The molecule has 0 atom stereocenters. The van der Waals surface area contributed by atoms with E-state index in [4.69, 9.17) is 9.47 Å². The molecule has 2 rings (SSSR count). The fourth-order valence-corrected chi connectivity index (χ4v) is 2.90. The van der Waals surface area contributed by atoms with Gasteiger partial charge in [-0.3, -0.25) is 10.1 Å². The van der Waals surface area contributed by atoms with Gasteiger partial charge in [0, 0.05) is 4.47 Å². The number of nitrogens with one attached hydrogen (secondary N) is 2. The standard InChI is InChI=1S/C15H16Br2N2O4/c1-3-5-23-13-10(22-4-2)7-8(11(16)12(13)17)6-9-14(20)19-15(21)18-9/h6-7H,3-5H2,1-2H3,(H2,18,19,20,21). The molecule has 8 heteroatoms. The largest absolute Gasteiger partial charge is 0.490 e. The third-order valence-corrected chi connectivity index (χ3v) is 5.07. The average molecular weight is 448 g/mol. The van der Waals surface area contributed by atoms with Crippen LogP contribution in [0.2, 0.25) is 0 Å². The van der Waals surface area contributed by atoms with Crippen LogP contribution in [-0.4, -0.2) is 25.2 Å². The van der Waals surface area contributed by atoms with E-state index < -0.39 is 11.9 Å². The zero-order valence-electron chi connectivity index (χ0n) is 12.7. The number of carbonyl (C=O) groups excluding carboxylic acids is 2. The zero-order chi connectivity index (χ0) is 17.0. The predicted octanol–water partition coefficient (Wildman–Crippen LogP) is 3.58. The number of hydrogen-bond acceptors (Lipinski definition) is 4. The van der Waals surface area contributed by atoms with Crippen molar-refractivity contribution >= 4 is 49.9 Å². The number of hydrogen-bond donors (Lipinski definition) is 2. The van der Waals surface area contributed by atoms with Crippen LogP contribution in [0.4, 0.5) is 4.79 Å². The number of rotatable bonds is 6. The Labute approximate surface area is 150 Å². The van der Waals surface area contributed by atoms with Crippen molar-refractivity contribution in [3.8, 4) is 11.5 Å². The molecule has 124 valence electrons. The molecule has 0 unspecified atom stereocenters. The van der Waals surface area contributed by atoms with Crippen LogP contribution in [0.25, 0.3) is 6.08 Å². The molecule has 0 saturated carbocycles. The Morgan fingerprint density at radius 3 is 2.43 bits per heavy atom. The Balaban J connectivity index is 2.46. The molecule has 0 aliphatic carbocycles. The van der Waals surface area contributed by atoms with Gasteiger partial charge in [0.25, 0.3) is 5.91 Å². The van der Waals surface area contributed by atoms with Crippen LogP contribution in [-0.2, 0) is 4.79 Å². The lowest BCUT2D eigenvalue weighted by Crippen LogP contribution is -2.22. The summed E-state index contributed by atoms with van der Waals surface area (Å²) >= 11 is 6.97. The summed E-state index contributed by atoms with van der Waals surface area (Å²) in [6.45, 7) is 4.93. The van der Waals surface area contributed by atoms with Crippen molar-refractivity contribution in [3.05, 3.63) is 26.3 Å². The van der Waals surface area contributed by atoms with Crippen LogP contribution in [0.1, 0.15) is 25.8 Å². The Morgan fingerprint density at radius 1 is 1.13 bits per heavy atom. The Kier molecular flexibility index (Phi) is 6.06.